The van der Waals surface area contributed by atoms with Crippen LogP contribution in [0.1, 0.15) is 5.56 Å². The number of aryl methyl sites for hydroxylation is 1. The van der Waals surface area contributed by atoms with Crippen molar-refractivity contribution in [2.45, 2.75) is 6.92 Å². The molecule has 0 saturated heterocycles. The molecule has 0 fully saturated rings. The largest absolute Gasteiger partial charge is 0.207 e. The first kappa shape index (κ1) is 5.29. The number of rotatable bonds is 0. The Kier molecular flexibility index (Phi) is 1.29. The maximum atomic E-state index is 12.3. The summed E-state index contributed by atoms with van der Waals surface area (Å²) in [5.41, 5.74) is 0.521. The molecule has 2 radical (unpaired) electrons. The van der Waals surface area contributed by atoms with Gasteiger partial charge in [0.05, 0.1) is 0 Å². The van der Waals surface area contributed by atoms with Crippen LogP contribution in [0, 0.1) is 24.9 Å². The minimum absolute atomic E-state index is 0.219. The lowest BCUT2D eigenvalue weighted by atomic mass is 10.2. The molecule has 0 aromatic heterocycles. The van der Waals surface area contributed by atoms with Gasteiger partial charge in [0.1, 0.15) is 5.82 Å². The molecule has 0 bridgehead atoms. The highest BCUT2D eigenvalue weighted by Crippen LogP contribution is 2.00. The lowest BCUT2D eigenvalue weighted by Gasteiger charge is -1.88. The number of benzene rings is 1. The van der Waals surface area contributed by atoms with E-state index in [9.17, 15) is 4.39 Å². The molecule has 0 heterocycles. The van der Waals surface area contributed by atoms with Gasteiger partial charge in [-0.3, -0.25) is 0 Å². The van der Waals surface area contributed by atoms with Gasteiger partial charge in [-0.05, 0) is 30.7 Å². The van der Waals surface area contributed by atoms with Crippen LogP contribution in [0.15, 0.2) is 12.1 Å². The van der Waals surface area contributed by atoms with E-state index in [4.69, 9.17) is 0 Å². The van der Waals surface area contributed by atoms with E-state index < -0.39 is 0 Å². The van der Waals surface area contributed by atoms with Gasteiger partial charge in [-0.1, -0.05) is 6.07 Å². The maximum Gasteiger partial charge on any atom is 0.126 e. The molecule has 8 heavy (non-hydrogen) atoms. The molecule has 0 spiro atoms. The number of hydrogen-bond donors (Lipinski definition) is 0. The zero-order valence-electron chi connectivity index (χ0n) is 4.53. The van der Waals surface area contributed by atoms with Crippen molar-refractivity contribution in [3.63, 3.8) is 0 Å². The second-order valence-electron chi connectivity index (χ2n) is 1.58. The summed E-state index contributed by atoms with van der Waals surface area (Å²) < 4.78 is 12.3. The lowest BCUT2D eigenvalue weighted by molar-refractivity contribution is 0.618. The molecule has 0 nitrogen and oxygen atoms in total. The SMILES string of the molecule is Cc1[c][c]ccc1F. The molecule has 0 amide bonds. The Bertz CT molecular complexity index is 160. The topological polar surface area (TPSA) is 0 Å². The molecule has 0 unspecified atom stereocenters. The van der Waals surface area contributed by atoms with E-state index in [2.05, 4.69) is 12.1 Å². The molecule has 40 valence electrons. The van der Waals surface area contributed by atoms with E-state index in [1.807, 2.05) is 0 Å². The monoisotopic (exact) mass is 108 g/mol. The molecule has 1 aromatic carbocycles. The Labute approximate surface area is 48.0 Å². The lowest BCUT2D eigenvalue weighted by Crippen LogP contribution is -1.77. The average Bonchev–Trinajstić information content (AvgIpc) is 1.77. The van der Waals surface area contributed by atoms with Crippen molar-refractivity contribution in [3.8, 4) is 0 Å². The third-order valence-corrected chi connectivity index (χ3v) is 0.931. The molecular formula is C7H5F. The summed E-state index contributed by atoms with van der Waals surface area (Å²) in [5.74, 6) is -0.219. The van der Waals surface area contributed by atoms with E-state index in [0.29, 0.717) is 5.56 Å². The van der Waals surface area contributed by atoms with Gasteiger partial charge in [-0.25, -0.2) is 4.39 Å². The fourth-order valence-corrected chi connectivity index (χ4v) is 0.449. The van der Waals surface area contributed by atoms with Crippen LogP contribution in [0.25, 0.3) is 0 Å². The van der Waals surface area contributed by atoms with E-state index in [1.54, 1.807) is 6.92 Å². The summed E-state index contributed by atoms with van der Waals surface area (Å²) in [7, 11) is 0. The van der Waals surface area contributed by atoms with Gasteiger partial charge >= 0.3 is 0 Å². The second kappa shape index (κ2) is 1.95. The highest BCUT2D eigenvalue weighted by atomic mass is 19.1. The number of hydrogen-bond acceptors (Lipinski definition) is 0. The van der Waals surface area contributed by atoms with E-state index in [0.717, 1.165) is 0 Å². The molecule has 0 aliphatic rings. The van der Waals surface area contributed by atoms with Crippen molar-refractivity contribution in [1.29, 1.82) is 0 Å². The van der Waals surface area contributed by atoms with Gasteiger partial charge in [0.25, 0.3) is 0 Å². The van der Waals surface area contributed by atoms with E-state index >= 15 is 0 Å². The van der Waals surface area contributed by atoms with Crippen molar-refractivity contribution in [3.05, 3.63) is 35.6 Å². The Hall–Kier alpha value is -0.850. The molecule has 0 saturated carbocycles. The molecule has 0 aliphatic heterocycles. The zero-order valence-corrected chi connectivity index (χ0v) is 4.53. The van der Waals surface area contributed by atoms with Gasteiger partial charge in [0, 0.05) is 0 Å². The summed E-state index contributed by atoms with van der Waals surface area (Å²) in [6.07, 6.45) is 0. The van der Waals surface area contributed by atoms with Crippen LogP contribution in [-0.4, -0.2) is 0 Å². The van der Waals surface area contributed by atoms with Crippen molar-refractivity contribution >= 4 is 0 Å². The van der Waals surface area contributed by atoms with Crippen LogP contribution < -0.4 is 0 Å². The minimum Gasteiger partial charge on any atom is -0.207 e. The third-order valence-electron chi connectivity index (χ3n) is 0.931. The summed E-state index contributed by atoms with van der Waals surface area (Å²) in [6, 6.07) is 8.11. The van der Waals surface area contributed by atoms with Crippen LogP contribution in [0.3, 0.4) is 0 Å². The van der Waals surface area contributed by atoms with E-state index in [1.165, 1.54) is 12.1 Å². The normalized spacial score (nSPS) is 9.25. The van der Waals surface area contributed by atoms with Crippen molar-refractivity contribution in [2.75, 3.05) is 0 Å². The summed E-state index contributed by atoms with van der Waals surface area (Å²) >= 11 is 0. The van der Waals surface area contributed by atoms with Crippen molar-refractivity contribution in [2.24, 2.45) is 0 Å². The van der Waals surface area contributed by atoms with Gasteiger partial charge in [0.2, 0.25) is 0 Å². The Morgan fingerprint density at radius 3 is 2.75 bits per heavy atom. The van der Waals surface area contributed by atoms with Crippen LogP contribution in [0.2, 0.25) is 0 Å². The van der Waals surface area contributed by atoms with Crippen LogP contribution in [0.5, 0.6) is 0 Å². The molecule has 0 atom stereocenters. The van der Waals surface area contributed by atoms with Gasteiger partial charge in [-0.15, -0.1) is 0 Å². The highest BCUT2D eigenvalue weighted by Gasteiger charge is 1.89. The Balaban J connectivity index is 3.13. The quantitative estimate of drug-likeness (QED) is 0.474. The number of halogens is 1. The predicted molar refractivity (Wildman–Crippen MR) is 28.8 cm³/mol. The molecular weight excluding hydrogens is 103 g/mol. The van der Waals surface area contributed by atoms with Gasteiger partial charge < -0.3 is 0 Å². The average molecular weight is 108 g/mol. The predicted octanol–water partition coefficient (Wildman–Crippen LogP) is 1.73. The van der Waals surface area contributed by atoms with Crippen LogP contribution >= 0.6 is 0 Å². The minimum atomic E-state index is -0.219. The molecule has 1 rings (SSSR count). The van der Waals surface area contributed by atoms with Gasteiger partial charge in [0.15, 0.2) is 0 Å². The maximum absolute atomic E-state index is 12.3. The Morgan fingerprint density at radius 1 is 1.62 bits per heavy atom. The third kappa shape index (κ3) is 0.861. The van der Waals surface area contributed by atoms with Gasteiger partial charge in [-0.2, -0.15) is 0 Å². The second-order valence-corrected chi connectivity index (χ2v) is 1.58. The smallest absolute Gasteiger partial charge is 0.126 e. The zero-order chi connectivity index (χ0) is 5.98. The summed E-state index contributed by atoms with van der Waals surface area (Å²) in [4.78, 5) is 0. The summed E-state index contributed by atoms with van der Waals surface area (Å²) in [5, 5.41) is 0. The van der Waals surface area contributed by atoms with Crippen molar-refractivity contribution in [1.82, 2.24) is 0 Å². The molecule has 0 N–H and O–H groups in total. The first-order chi connectivity index (χ1) is 3.80. The standard InChI is InChI=1S/C7H5F/c1-6-4-2-3-5-7(6)8/h3,5H,1H3. The fraction of sp³-hybridized carbons (Fsp3) is 0.143. The summed E-state index contributed by atoms with van der Waals surface area (Å²) in [6.45, 7) is 1.66. The first-order valence-corrected chi connectivity index (χ1v) is 2.35. The molecule has 1 aromatic rings. The van der Waals surface area contributed by atoms with E-state index in [-0.39, 0.29) is 5.82 Å². The molecule has 1 heteroatoms. The van der Waals surface area contributed by atoms with Crippen LogP contribution in [-0.2, 0) is 0 Å². The first-order valence-electron chi connectivity index (χ1n) is 2.35. The molecule has 0 aliphatic carbocycles. The fourth-order valence-electron chi connectivity index (χ4n) is 0.449. The van der Waals surface area contributed by atoms with Crippen molar-refractivity contribution < 1.29 is 4.39 Å². The van der Waals surface area contributed by atoms with Crippen LogP contribution in [0.4, 0.5) is 4.39 Å². The highest BCUT2D eigenvalue weighted by molar-refractivity contribution is 5.12. The Morgan fingerprint density at radius 2 is 2.38 bits per heavy atom.